The molecule has 0 spiro atoms. The molecule has 1 N–H and O–H groups in total. The molecule has 0 radical (unpaired) electrons. The molecule has 0 bridgehead atoms. The highest BCUT2D eigenvalue weighted by atomic mass is 16.2. The summed E-state index contributed by atoms with van der Waals surface area (Å²) in [6.07, 6.45) is 2.23. The van der Waals surface area contributed by atoms with Crippen molar-refractivity contribution in [3.63, 3.8) is 0 Å². The van der Waals surface area contributed by atoms with E-state index in [1.54, 1.807) is 0 Å². The van der Waals surface area contributed by atoms with E-state index in [-0.39, 0.29) is 17.6 Å². The molecule has 1 amide bonds. The summed E-state index contributed by atoms with van der Waals surface area (Å²) in [5.41, 5.74) is 0.192. The Kier molecular flexibility index (Phi) is 5.43. The zero-order valence-electron chi connectivity index (χ0n) is 13.8. The highest BCUT2D eigenvalue weighted by Gasteiger charge is 2.41. The minimum absolute atomic E-state index is 0.0139. The van der Waals surface area contributed by atoms with Crippen LogP contribution in [0.25, 0.3) is 0 Å². The molecular weight excluding hydrogens is 236 g/mol. The number of hydrogen-bond donors (Lipinski definition) is 1. The van der Waals surface area contributed by atoms with Gasteiger partial charge in [0.25, 0.3) is 0 Å². The van der Waals surface area contributed by atoms with Crippen LogP contribution in [-0.4, -0.2) is 29.6 Å². The van der Waals surface area contributed by atoms with Crippen molar-refractivity contribution in [2.45, 2.75) is 73.5 Å². The van der Waals surface area contributed by atoms with Crippen LogP contribution in [0.3, 0.4) is 0 Å². The molecule has 1 aliphatic rings. The standard InChI is InChI=1S/C16H32N2O/c1-8-16(6,7)10-18-14(12(4)5)17-13(15(18)19)9-11(2)3/h11-14,17H,8-10H2,1-7H3. The van der Waals surface area contributed by atoms with E-state index in [0.29, 0.717) is 17.7 Å². The van der Waals surface area contributed by atoms with Crippen molar-refractivity contribution in [3.8, 4) is 0 Å². The molecule has 0 aromatic carbocycles. The molecule has 1 aliphatic heterocycles. The maximum atomic E-state index is 12.6. The molecule has 3 nitrogen and oxygen atoms in total. The Bertz CT molecular complexity index is 310. The molecule has 0 saturated carbocycles. The van der Waals surface area contributed by atoms with Gasteiger partial charge in [0, 0.05) is 6.54 Å². The van der Waals surface area contributed by atoms with Crippen molar-refractivity contribution in [1.29, 1.82) is 0 Å². The SMILES string of the molecule is CCC(C)(C)CN1C(=O)C(CC(C)C)NC1C(C)C. The molecule has 2 atom stereocenters. The van der Waals surface area contributed by atoms with Crippen LogP contribution >= 0.6 is 0 Å². The Morgan fingerprint density at radius 1 is 1.26 bits per heavy atom. The number of rotatable bonds is 6. The van der Waals surface area contributed by atoms with Gasteiger partial charge in [0.15, 0.2) is 0 Å². The van der Waals surface area contributed by atoms with Gasteiger partial charge in [-0.05, 0) is 30.1 Å². The third-order valence-corrected chi connectivity index (χ3v) is 4.18. The zero-order valence-corrected chi connectivity index (χ0v) is 13.8. The first-order valence-corrected chi connectivity index (χ1v) is 7.74. The largest absolute Gasteiger partial charge is 0.325 e. The van der Waals surface area contributed by atoms with Crippen LogP contribution in [0, 0.1) is 17.3 Å². The molecule has 1 fully saturated rings. The van der Waals surface area contributed by atoms with Crippen molar-refractivity contribution >= 4 is 5.91 Å². The summed E-state index contributed by atoms with van der Waals surface area (Å²) in [4.78, 5) is 14.7. The monoisotopic (exact) mass is 268 g/mol. The summed E-state index contributed by atoms with van der Waals surface area (Å²) in [6.45, 7) is 16.3. The maximum Gasteiger partial charge on any atom is 0.241 e. The number of carbonyl (C=O) groups is 1. The van der Waals surface area contributed by atoms with Crippen molar-refractivity contribution in [3.05, 3.63) is 0 Å². The molecule has 1 saturated heterocycles. The lowest BCUT2D eigenvalue weighted by atomic mass is 9.89. The first kappa shape index (κ1) is 16.5. The first-order valence-electron chi connectivity index (χ1n) is 7.74. The summed E-state index contributed by atoms with van der Waals surface area (Å²) in [5, 5.41) is 3.54. The van der Waals surface area contributed by atoms with Gasteiger partial charge in [0.1, 0.15) is 0 Å². The van der Waals surface area contributed by atoms with E-state index in [4.69, 9.17) is 0 Å². The summed E-state index contributed by atoms with van der Waals surface area (Å²) >= 11 is 0. The Morgan fingerprint density at radius 3 is 2.26 bits per heavy atom. The second kappa shape index (κ2) is 6.25. The summed E-state index contributed by atoms with van der Waals surface area (Å²) in [6, 6.07) is 0.0139. The fraction of sp³-hybridized carbons (Fsp3) is 0.938. The Morgan fingerprint density at radius 2 is 1.84 bits per heavy atom. The quantitative estimate of drug-likeness (QED) is 0.802. The van der Waals surface area contributed by atoms with Gasteiger partial charge in [0.05, 0.1) is 12.2 Å². The fourth-order valence-corrected chi connectivity index (χ4v) is 2.65. The summed E-state index contributed by atoms with van der Waals surface area (Å²) in [7, 11) is 0. The highest BCUT2D eigenvalue weighted by Crippen LogP contribution is 2.28. The third kappa shape index (κ3) is 4.20. The van der Waals surface area contributed by atoms with Crippen LogP contribution < -0.4 is 5.32 Å². The highest BCUT2D eigenvalue weighted by molar-refractivity contribution is 5.84. The van der Waals surface area contributed by atoms with Crippen molar-refractivity contribution in [2.75, 3.05) is 6.54 Å². The molecule has 3 heteroatoms. The van der Waals surface area contributed by atoms with E-state index in [0.717, 1.165) is 19.4 Å². The molecule has 0 aliphatic carbocycles. The normalized spacial score (nSPS) is 24.9. The third-order valence-electron chi connectivity index (χ3n) is 4.18. The van der Waals surface area contributed by atoms with Crippen LogP contribution in [0.5, 0.6) is 0 Å². The molecule has 112 valence electrons. The number of hydrogen-bond acceptors (Lipinski definition) is 2. The lowest BCUT2D eigenvalue weighted by Crippen LogP contribution is -2.45. The molecule has 1 heterocycles. The zero-order chi connectivity index (χ0) is 14.8. The molecule has 1 rings (SSSR count). The summed E-state index contributed by atoms with van der Waals surface area (Å²) in [5.74, 6) is 1.30. The molecule has 19 heavy (non-hydrogen) atoms. The number of nitrogens with zero attached hydrogens (tertiary/aromatic N) is 1. The van der Waals surface area contributed by atoms with Crippen molar-refractivity contribution in [1.82, 2.24) is 10.2 Å². The van der Waals surface area contributed by atoms with E-state index in [1.807, 2.05) is 0 Å². The average molecular weight is 268 g/mol. The van der Waals surface area contributed by atoms with Gasteiger partial charge in [-0.15, -0.1) is 0 Å². The van der Waals surface area contributed by atoms with E-state index < -0.39 is 0 Å². The van der Waals surface area contributed by atoms with Gasteiger partial charge in [-0.2, -0.15) is 0 Å². The molecule has 0 aromatic heterocycles. The fourth-order valence-electron chi connectivity index (χ4n) is 2.65. The Hall–Kier alpha value is -0.570. The number of nitrogens with one attached hydrogen (secondary N) is 1. The molecular formula is C16H32N2O. The van der Waals surface area contributed by atoms with Crippen LogP contribution in [0.1, 0.15) is 61.3 Å². The molecule has 0 aromatic rings. The van der Waals surface area contributed by atoms with Gasteiger partial charge in [-0.25, -0.2) is 0 Å². The first-order chi connectivity index (χ1) is 8.68. The van der Waals surface area contributed by atoms with E-state index >= 15 is 0 Å². The Balaban J connectivity index is 2.83. The number of amides is 1. The van der Waals surface area contributed by atoms with Crippen molar-refractivity contribution in [2.24, 2.45) is 17.3 Å². The van der Waals surface area contributed by atoms with Gasteiger partial charge in [-0.3, -0.25) is 10.1 Å². The van der Waals surface area contributed by atoms with E-state index in [9.17, 15) is 4.79 Å². The smallest absolute Gasteiger partial charge is 0.241 e. The Labute approximate surface area is 119 Å². The van der Waals surface area contributed by atoms with Gasteiger partial charge in [0.2, 0.25) is 5.91 Å². The minimum Gasteiger partial charge on any atom is -0.325 e. The van der Waals surface area contributed by atoms with Crippen LogP contribution in [0.4, 0.5) is 0 Å². The lowest BCUT2D eigenvalue weighted by Gasteiger charge is -2.34. The summed E-state index contributed by atoms with van der Waals surface area (Å²) < 4.78 is 0. The van der Waals surface area contributed by atoms with Gasteiger partial charge in [-0.1, -0.05) is 48.5 Å². The average Bonchev–Trinajstić information content (AvgIpc) is 2.57. The maximum absolute atomic E-state index is 12.6. The van der Waals surface area contributed by atoms with Crippen LogP contribution in [0.2, 0.25) is 0 Å². The van der Waals surface area contributed by atoms with Gasteiger partial charge >= 0.3 is 0 Å². The second-order valence-corrected chi connectivity index (χ2v) is 7.52. The van der Waals surface area contributed by atoms with Gasteiger partial charge < -0.3 is 4.90 Å². The minimum atomic E-state index is 0.0139. The van der Waals surface area contributed by atoms with Crippen LogP contribution in [-0.2, 0) is 4.79 Å². The predicted octanol–water partition coefficient (Wildman–Crippen LogP) is 3.25. The topological polar surface area (TPSA) is 32.3 Å². The van der Waals surface area contributed by atoms with Crippen LogP contribution in [0.15, 0.2) is 0 Å². The molecule has 2 unspecified atom stereocenters. The van der Waals surface area contributed by atoms with E-state index in [2.05, 4.69) is 58.7 Å². The van der Waals surface area contributed by atoms with Crippen molar-refractivity contribution < 1.29 is 4.79 Å². The second-order valence-electron chi connectivity index (χ2n) is 7.52. The number of carbonyl (C=O) groups excluding carboxylic acids is 1. The van der Waals surface area contributed by atoms with E-state index in [1.165, 1.54) is 0 Å². The lowest BCUT2D eigenvalue weighted by molar-refractivity contribution is -0.132. The predicted molar refractivity (Wildman–Crippen MR) is 80.8 cm³/mol.